The summed E-state index contributed by atoms with van der Waals surface area (Å²) in [4.78, 5) is 11.9. The fourth-order valence-electron chi connectivity index (χ4n) is 2.41. The first-order chi connectivity index (χ1) is 11.7. The number of nitrogens with one attached hydrogen (secondary N) is 1. The molecule has 7 nitrogen and oxygen atoms in total. The monoisotopic (exact) mass is 351 g/mol. The summed E-state index contributed by atoms with van der Waals surface area (Å²) in [6.45, 7) is 1.52. The molecule has 1 aromatic carbocycles. The summed E-state index contributed by atoms with van der Waals surface area (Å²) < 4.78 is 20.7. The highest BCUT2D eigenvalue weighted by Crippen LogP contribution is 2.18. The van der Waals surface area contributed by atoms with Crippen molar-refractivity contribution in [2.45, 2.75) is 37.2 Å². The van der Waals surface area contributed by atoms with Crippen LogP contribution in [0.15, 0.2) is 29.4 Å². The van der Waals surface area contributed by atoms with Crippen molar-refractivity contribution in [2.24, 2.45) is 0 Å². The second kappa shape index (κ2) is 8.20. The first kappa shape index (κ1) is 16.8. The summed E-state index contributed by atoms with van der Waals surface area (Å²) >= 11 is 1.25. The van der Waals surface area contributed by atoms with Gasteiger partial charge in [0, 0.05) is 18.7 Å². The molecule has 1 fully saturated rings. The van der Waals surface area contributed by atoms with Crippen LogP contribution in [0.4, 0.5) is 4.39 Å². The highest BCUT2D eigenvalue weighted by atomic mass is 32.2. The van der Waals surface area contributed by atoms with Crippen LogP contribution in [0.3, 0.4) is 0 Å². The molecule has 1 saturated heterocycles. The van der Waals surface area contributed by atoms with Crippen LogP contribution in [-0.4, -0.2) is 44.6 Å². The molecule has 9 heteroatoms. The van der Waals surface area contributed by atoms with Crippen LogP contribution in [0, 0.1) is 5.82 Å². The third-order valence-electron chi connectivity index (χ3n) is 3.67. The lowest BCUT2D eigenvalue weighted by molar-refractivity contribution is -0.118. The minimum atomic E-state index is -0.328. The molecule has 1 atom stereocenters. The Morgan fingerprint density at radius 2 is 2.33 bits per heavy atom. The Kier molecular flexibility index (Phi) is 5.76. The van der Waals surface area contributed by atoms with Crippen molar-refractivity contribution < 1.29 is 13.9 Å². The van der Waals surface area contributed by atoms with Gasteiger partial charge in [0.15, 0.2) is 0 Å². The summed E-state index contributed by atoms with van der Waals surface area (Å²) in [6.07, 6.45) is 2.17. The molecule has 128 valence electrons. The number of ether oxygens (including phenoxy) is 1. The van der Waals surface area contributed by atoms with Crippen LogP contribution >= 0.6 is 11.8 Å². The number of benzene rings is 1. The number of rotatable bonds is 7. The van der Waals surface area contributed by atoms with E-state index in [-0.39, 0.29) is 30.1 Å². The number of amides is 1. The van der Waals surface area contributed by atoms with E-state index in [1.165, 1.54) is 17.8 Å². The van der Waals surface area contributed by atoms with Gasteiger partial charge in [-0.1, -0.05) is 30.0 Å². The van der Waals surface area contributed by atoms with Gasteiger partial charge in [-0.15, -0.1) is 5.10 Å². The van der Waals surface area contributed by atoms with Gasteiger partial charge >= 0.3 is 0 Å². The van der Waals surface area contributed by atoms with E-state index in [2.05, 4.69) is 20.8 Å². The fourth-order valence-corrected chi connectivity index (χ4v) is 3.13. The van der Waals surface area contributed by atoms with E-state index in [1.807, 2.05) is 0 Å². The molecule has 0 spiro atoms. The van der Waals surface area contributed by atoms with Crippen LogP contribution in [0.2, 0.25) is 0 Å². The van der Waals surface area contributed by atoms with Crippen molar-refractivity contribution in [2.75, 3.05) is 12.4 Å². The Balaban J connectivity index is 1.46. The maximum atomic E-state index is 13.5. The number of hydrogen-bond donors (Lipinski definition) is 1. The molecule has 2 aromatic rings. The number of carbonyl (C=O) groups is 1. The number of halogens is 1. The Bertz CT molecular complexity index is 690. The molecule has 3 rings (SSSR count). The topological polar surface area (TPSA) is 81.9 Å². The standard InChI is InChI=1S/C15H18FN5O2S/c16-13-6-2-1-4-11(13)8-17-14(22)10-24-15-18-19-20-21(15)9-12-5-3-7-23-12/h1-2,4,6,12H,3,5,7-10H2,(H,17,22). The Morgan fingerprint density at radius 3 is 3.12 bits per heavy atom. The van der Waals surface area contributed by atoms with Gasteiger partial charge in [-0.3, -0.25) is 4.79 Å². The van der Waals surface area contributed by atoms with Crippen LogP contribution in [0.25, 0.3) is 0 Å². The molecular weight excluding hydrogens is 333 g/mol. The van der Waals surface area contributed by atoms with Crippen molar-refractivity contribution in [3.63, 3.8) is 0 Å². The zero-order valence-electron chi connectivity index (χ0n) is 13.0. The number of thioether (sulfide) groups is 1. The molecule has 0 aliphatic carbocycles. The number of carbonyl (C=O) groups excluding carboxylic acids is 1. The van der Waals surface area contributed by atoms with Crippen molar-refractivity contribution in [3.8, 4) is 0 Å². The molecule has 24 heavy (non-hydrogen) atoms. The number of hydrogen-bond acceptors (Lipinski definition) is 6. The molecule has 0 saturated carbocycles. The Labute approximate surface area is 142 Å². The van der Waals surface area contributed by atoms with Gasteiger partial charge in [-0.05, 0) is 29.3 Å². The summed E-state index contributed by atoms with van der Waals surface area (Å²) in [5.74, 6) is -0.360. The maximum absolute atomic E-state index is 13.5. The van der Waals surface area contributed by atoms with Crippen molar-refractivity contribution in [1.29, 1.82) is 0 Å². The smallest absolute Gasteiger partial charge is 0.230 e. The molecule has 1 aromatic heterocycles. The number of nitrogens with zero attached hydrogens (tertiary/aromatic N) is 4. The SMILES string of the molecule is O=C(CSc1nnnn1CC1CCCO1)NCc1ccccc1F. The molecule has 1 unspecified atom stereocenters. The van der Waals surface area contributed by atoms with Gasteiger partial charge in [-0.2, -0.15) is 0 Å². The molecule has 0 bridgehead atoms. The third kappa shape index (κ3) is 4.51. The molecule has 0 radical (unpaired) electrons. The lowest BCUT2D eigenvalue weighted by atomic mass is 10.2. The first-order valence-corrected chi connectivity index (χ1v) is 8.71. The lowest BCUT2D eigenvalue weighted by Crippen LogP contribution is -2.25. The summed E-state index contributed by atoms with van der Waals surface area (Å²) in [7, 11) is 0. The van der Waals surface area contributed by atoms with E-state index in [9.17, 15) is 9.18 Å². The van der Waals surface area contributed by atoms with Crippen LogP contribution in [0.1, 0.15) is 18.4 Å². The van der Waals surface area contributed by atoms with E-state index in [4.69, 9.17) is 4.74 Å². The van der Waals surface area contributed by atoms with E-state index in [0.717, 1.165) is 19.4 Å². The maximum Gasteiger partial charge on any atom is 0.230 e. The summed E-state index contributed by atoms with van der Waals surface area (Å²) in [6, 6.07) is 6.36. The average Bonchev–Trinajstić information content (AvgIpc) is 3.24. The number of aromatic nitrogens is 4. The predicted octanol–water partition coefficient (Wildman–Crippen LogP) is 1.40. The summed E-state index contributed by atoms with van der Waals surface area (Å²) in [5, 5.41) is 14.8. The van der Waals surface area contributed by atoms with Gasteiger partial charge in [-0.25, -0.2) is 9.07 Å². The quantitative estimate of drug-likeness (QED) is 0.760. The zero-order chi connectivity index (χ0) is 16.8. The minimum absolute atomic E-state index is 0.128. The van der Waals surface area contributed by atoms with Crippen LogP contribution < -0.4 is 5.32 Å². The predicted molar refractivity (Wildman–Crippen MR) is 85.8 cm³/mol. The molecule has 1 N–H and O–H groups in total. The zero-order valence-corrected chi connectivity index (χ0v) is 13.8. The Morgan fingerprint density at radius 1 is 1.46 bits per heavy atom. The van der Waals surface area contributed by atoms with Crippen molar-refractivity contribution in [1.82, 2.24) is 25.5 Å². The highest BCUT2D eigenvalue weighted by Gasteiger charge is 2.19. The van der Waals surface area contributed by atoms with E-state index in [1.54, 1.807) is 22.9 Å². The average molecular weight is 351 g/mol. The van der Waals surface area contributed by atoms with E-state index >= 15 is 0 Å². The second-order valence-electron chi connectivity index (χ2n) is 5.44. The fraction of sp³-hybridized carbons (Fsp3) is 0.467. The minimum Gasteiger partial charge on any atom is -0.376 e. The van der Waals surface area contributed by atoms with Gasteiger partial charge in [0.2, 0.25) is 11.1 Å². The van der Waals surface area contributed by atoms with Crippen molar-refractivity contribution in [3.05, 3.63) is 35.6 Å². The second-order valence-corrected chi connectivity index (χ2v) is 6.38. The molecule has 1 aliphatic heterocycles. The van der Waals surface area contributed by atoms with Gasteiger partial charge in [0.05, 0.1) is 18.4 Å². The van der Waals surface area contributed by atoms with E-state index in [0.29, 0.717) is 17.3 Å². The van der Waals surface area contributed by atoms with Gasteiger partial charge < -0.3 is 10.1 Å². The van der Waals surface area contributed by atoms with Gasteiger partial charge in [0.25, 0.3) is 0 Å². The van der Waals surface area contributed by atoms with Gasteiger partial charge in [0.1, 0.15) is 5.82 Å². The molecule has 1 amide bonds. The van der Waals surface area contributed by atoms with E-state index < -0.39 is 0 Å². The van der Waals surface area contributed by atoms with Crippen LogP contribution in [-0.2, 0) is 22.6 Å². The largest absolute Gasteiger partial charge is 0.376 e. The number of tetrazole rings is 1. The normalized spacial score (nSPS) is 17.1. The van der Waals surface area contributed by atoms with Crippen LogP contribution in [0.5, 0.6) is 0 Å². The lowest BCUT2D eigenvalue weighted by Gasteiger charge is -2.10. The Hall–Kier alpha value is -2.00. The molecule has 1 aliphatic rings. The third-order valence-corrected chi connectivity index (χ3v) is 4.62. The molecule has 2 heterocycles. The van der Waals surface area contributed by atoms with Crippen molar-refractivity contribution >= 4 is 17.7 Å². The first-order valence-electron chi connectivity index (χ1n) is 7.73. The highest BCUT2D eigenvalue weighted by molar-refractivity contribution is 7.99. The molecular formula is C15H18FN5O2S. The summed E-state index contributed by atoms with van der Waals surface area (Å²) in [5.41, 5.74) is 0.457.